The molecule has 0 aliphatic heterocycles. The average Bonchev–Trinajstić information content (AvgIpc) is 2.43. The van der Waals surface area contributed by atoms with Crippen molar-refractivity contribution in [3.63, 3.8) is 0 Å². The van der Waals surface area contributed by atoms with Crippen LogP contribution in [0, 0.1) is 17.6 Å². The van der Waals surface area contributed by atoms with Crippen molar-refractivity contribution in [1.29, 1.82) is 0 Å². The molecule has 19 heavy (non-hydrogen) atoms. The number of aromatic hydroxyl groups is 1. The molecule has 0 unspecified atom stereocenters. The molecular weight excluding hydrogens is 248 g/mol. The Hall–Kier alpha value is -1.16. The third-order valence-corrected chi connectivity index (χ3v) is 4.06. The predicted octanol–water partition coefficient (Wildman–Crippen LogP) is 3.73. The van der Waals surface area contributed by atoms with E-state index in [1.165, 1.54) is 44.2 Å². The fourth-order valence-corrected chi connectivity index (χ4v) is 2.80. The summed E-state index contributed by atoms with van der Waals surface area (Å²) in [7, 11) is 0. The Morgan fingerprint density at radius 2 is 1.79 bits per heavy atom. The lowest BCUT2D eigenvalue weighted by atomic mass is 9.84. The summed E-state index contributed by atoms with van der Waals surface area (Å²) in [5, 5.41) is 12.4. The molecule has 106 valence electrons. The summed E-state index contributed by atoms with van der Waals surface area (Å²) in [4.78, 5) is 0. The van der Waals surface area contributed by atoms with Crippen LogP contribution in [-0.2, 0) is 6.54 Å². The van der Waals surface area contributed by atoms with E-state index in [0.29, 0.717) is 24.1 Å². The smallest absolute Gasteiger partial charge is 0.187 e. The van der Waals surface area contributed by atoms with Gasteiger partial charge in [-0.15, -0.1) is 0 Å². The molecule has 1 fully saturated rings. The Morgan fingerprint density at radius 3 is 2.37 bits per heavy atom. The van der Waals surface area contributed by atoms with E-state index in [1.54, 1.807) is 0 Å². The lowest BCUT2D eigenvalue weighted by Gasteiger charge is -2.28. The van der Waals surface area contributed by atoms with Crippen LogP contribution in [0.3, 0.4) is 0 Å². The zero-order valence-electron chi connectivity index (χ0n) is 11.3. The summed E-state index contributed by atoms with van der Waals surface area (Å²) in [6, 6.07) is 2.71. The molecular formula is C15H21F2NO. The lowest BCUT2D eigenvalue weighted by Crippen LogP contribution is -2.34. The van der Waals surface area contributed by atoms with Gasteiger partial charge in [0.05, 0.1) is 0 Å². The van der Waals surface area contributed by atoms with Crippen LogP contribution in [0.25, 0.3) is 0 Å². The maximum absolute atomic E-state index is 13.2. The van der Waals surface area contributed by atoms with Crippen LogP contribution in [0.5, 0.6) is 5.75 Å². The van der Waals surface area contributed by atoms with Gasteiger partial charge in [0.15, 0.2) is 17.4 Å². The van der Waals surface area contributed by atoms with E-state index < -0.39 is 17.4 Å². The van der Waals surface area contributed by atoms with Gasteiger partial charge in [0.1, 0.15) is 0 Å². The van der Waals surface area contributed by atoms with Crippen LogP contribution in [0.4, 0.5) is 8.78 Å². The number of rotatable bonds is 4. The van der Waals surface area contributed by atoms with Crippen LogP contribution >= 0.6 is 0 Å². The Labute approximate surface area is 112 Å². The minimum atomic E-state index is -0.901. The second kappa shape index (κ2) is 6.33. The van der Waals surface area contributed by atoms with Gasteiger partial charge in [-0.25, -0.2) is 8.78 Å². The lowest BCUT2D eigenvalue weighted by molar-refractivity contribution is 0.280. The van der Waals surface area contributed by atoms with Crippen LogP contribution in [0.2, 0.25) is 0 Å². The number of halogens is 2. The number of phenolic OH excluding ortho intramolecular Hbond substituents is 1. The molecule has 0 bridgehead atoms. The minimum Gasteiger partial charge on any atom is -0.503 e. The Morgan fingerprint density at radius 1 is 1.21 bits per heavy atom. The molecule has 1 aliphatic carbocycles. The van der Waals surface area contributed by atoms with E-state index in [-0.39, 0.29) is 0 Å². The molecule has 0 aromatic heterocycles. The van der Waals surface area contributed by atoms with E-state index in [9.17, 15) is 8.78 Å². The van der Waals surface area contributed by atoms with E-state index in [2.05, 4.69) is 12.2 Å². The number of nitrogens with one attached hydrogen (secondary N) is 1. The maximum atomic E-state index is 13.2. The van der Waals surface area contributed by atoms with E-state index in [1.807, 2.05) is 0 Å². The molecule has 0 heterocycles. The number of hydrogen-bond acceptors (Lipinski definition) is 2. The highest BCUT2D eigenvalue weighted by Crippen LogP contribution is 2.27. The van der Waals surface area contributed by atoms with Crippen molar-refractivity contribution in [1.82, 2.24) is 5.32 Å². The van der Waals surface area contributed by atoms with Crippen molar-refractivity contribution in [2.45, 2.75) is 51.6 Å². The predicted molar refractivity (Wildman–Crippen MR) is 70.9 cm³/mol. The zero-order valence-corrected chi connectivity index (χ0v) is 11.3. The first-order valence-corrected chi connectivity index (χ1v) is 6.98. The van der Waals surface area contributed by atoms with Crippen molar-refractivity contribution < 1.29 is 13.9 Å². The first kappa shape index (κ1) is 14.3. The summed E-state index contributed by atoms with van der Waals surface area (Å²) < 4.78 is 26.4. The molecule has 1 aliphatic rings. The number of phenols is 1. The van der Waals surface area contributed by atoms with E-state index in [4.69, 9.17) is 5.11 Å². The van der Waals surface area contributed by atoms with Gasteiger partial charge in [0.2, 0.25) is 0 Å². The molecule has 4 heteroatoms. The van der Waals surface area contributed by atoms with Crippen LogP contribution in [0.1, 0.15) is 44.6 Å². The number of hydrogen-bond donors (Lipinski definition) is 2. The third kappa shape index (κ3) is 3.66. The molecule has 1 atom stereocenters. The molecule has 2 nitrogen and oxygen atoms in total. The highest BCUT2D eigenvalue weighted by Gasteiger charge is 2.19. The van der Waals surface area contributed by atoms with Gasteiger partial charge in [0, 0.05) is 12.6 Å². The summed E-state index contributed by atoms with van der Waals surface area (Å²) in [6.07, 6.45) is 6.33. The second-order valence-electron chi connectivity index (χ2n) is 5.48. The highest BCUT2D eigenvalue weighted by atomic mass is 19.1. The van der Waals surface area contributed by atoms with Gasteiger partial charge in [-0.3, -0.25) is 0 Å². The van der Waals surface area contributed by atoms with Gasteiger partial charge < -0.3 is 10.4 Å². The second-order valence-corrected chi connectivity index (χ2v) is 5.48. The monoisotopic (exact) mass is 269 g/mol. The zero-order chi connectivity index (χ0) is 13.8. The number of benzene rings is 1. The first-order chi connectivity index (χ1) is 9.08. The van der Waals surface area contributed by atoms with Crippen molar-refractivity contribution in [3.8, 4) is 5.75 Å². The van der Waals surface area contributed by atoms with Crippen molar-refractivity contribution in [2.24, 2.45) is 5.92 Å². The van der Waals surface area contributed by atoms with Crippen molar-refractivity contribution in [3.05, 3.63) is 29.3 Å². The minimum absolute atomic E-state index is 0.347. The van der Waals surface area contributed by atoms with Crippen LogP contribution in [-0.4, -0.2) is 11.1 Å². The largest absolute Gasteiger partial charge is 0.503 e. The molecule has 0 spiro atoms. The average molecular weight is 269 g/mol. The molecule has 2 rings (SSSR count). The quantitative estimate of drug-likeness (QED) is 0.873. The molecule has 1 saturated carbocycles. The SMILES string of the molecule is C[C@@H](NCc1cc(F)c(O)c(F)c1)C1CCCCC1. The van der Waals surface area contributed by atoms with Gasteiger partial charge in [-0.2, -0.15) is 0 Å². The summed E-state index contributed by atoms with van der Waals surface area (Å²) in [5.74, 6) is -2.05. The Balaban J connectivity index is 1.91. The van der Waals surface area contributed by atoms with Crippen LogP contribution < -0.4 is 5.32 Å². The van der Waals surface area contributed by atoms with Gasteiger partial charge in [0.25, 0.3) is 0 Å². The maximum Gasteiger partial charge on any atom is 0.187 e. The molecule has 1 aromatic carbocycles. The molecule has 0 radical (unpaired) electrons. The fraction of sp³-hybridized carbons (Fsp3) is 0.600. The Bertz CT molecular complexity index is 407. The van der Waals surface area contributed by atoms with Crippen LogP contribution in [0.15, 0.2) is 12.1 Å². The van der Waals surface area contributed by atoms with E-state index >= 15 is 0 Å². The topological polar surface area (TPSA) is 32.3 Å². The summed E-state index contributed by atoms with van der Waals surface area (Å²) in [6.45, 7) is 2.55. The molecule has 0 saturated heterocycles. The van der Waals surface area contributed by atoms with Crippen molar-refractivity contribution in [2.75, 3.05) is 0 Å². The van der Waals surface area contributed by atoms with Gasteiger partial charge in [-0.1, -0.05) is 19.3 Å². The standard InChI is InChI=1S/C15H21F2NO/c1-10(12-5-3-2-4-6-12)18-9-11-7-13(16)15(19)14(17)8-11/h7-8,10,12,18-19H,2-6,9H2,1H3/t10-/m1/s1. The summed E-state index contributed by atoms with van der Waals surface area (Å²) >= 11 is 0. The third-order valence-electron chi connectivity index (χ3n) is 4.06. The Kier molecular flexibility index (Phi) is 4.75. The molecule has 1 aromatic rings. The molecule has 0 amide bonds. The van der Waals surface area contributed by atoms with E-state index in [0.717, 1.165) is 0 Å². The van der Waals surface area contributed by atoms with Crippen molar-refractivity contribution >= 4 is 0 Å². The fourth-order valence-electron chi connectivity index (χ4n) is 2.80. The normalized spacial score (nSPS) is 18.5. The van der Waals surface area contributed by atoms with Gasteiger partial charge >= 0.3 is 0 Å². The first-order valence-electron chi connectivity index (χ1n) is 6.98. The summed E-state index contributed by atoms with van der Waals surface area (Å²) in [5.41, 5.74) is 0.524. The molecule has 2 N–H and O–H groups in total. The highest BCUT2D eigenvalue weighted by molar-refractivity contribution is 5.29. The van der Waals surface area contributed by atoms with Gasteiger partial charge in [-0.05, 0) is 43.4 Å².